The van der Waals surface area contributed by atoms with E-state index in [9.17, 15) is 4.79 Å². The molecule has 0 aliphatic rings. The zero-order chi connectivity index (χ0) is 11.8. The maximum Gasteiger partial charge on any atom is 0.238 e. The molecule has 1 amide bonds. The Labute approximate surface area is 103 Å². The number of hydrogen-bond acceptors (Lipinski definition) is 3. The van der Waals surface area contributed by atoms with Crippen LogP contribution in [-0.4, -0.2) is 30.7 Å². The van der Waals surface area contributed by atoms with E-state index in [2.05, 4.69) is 26.6 Å². The molecule has 1 aromatic rings. The lowest BCUT2D eigenvalue weighted by atomic mass is 10.3. The number of aliphatic hydroxyl groups excluding tert-OH is 1. The largest absolute Gasteiger partial charge is 0.396 e. The number of hydrogen-bond donors (Lipinski definition) is 3. The summed E-state index contributed by atoms with van der Waals surface area (Å²) in [4.78, 5) is 11.4. The van der Waals surface area contributed by atoms with Gasteiger partial charge in [-0.15, -0.1) is 0 Å². The number of nitrogens with one attached hydrogen (secondary N) is 2. The fourth-order valence-electron chi connectivity index (χ4n) is 1.14. The van der Waals surface area contributed by atoms with Gasteiger partial charge in [0.1, 0.15) is 0 Å². The van der Waals surface area contributed by atoms with Gasteiger partial charge < -0.3 is 15.7 Å². The standard InChI is InChI=1S/C11H15BrN2O2/c12-9-2-4-10(5-3-9)14-11(16)8-13-6-1-7-15/h2-5,13,15H,1,6-8H2,(H,14,16). The van der Waals surface area contributed by atoms with Crippen molar-refractivity contribution in [2.24, 2.45) is 0 Å². The van der Waals surface area contributed by atoms with Gasteiger partial charge in [-0.05, 0) is 37.2 Å². The summed E-state index contributed by atoms with van der Waals surface area (Å²) in [6.45, 7) is 1.04. The molecule has 0 saturated carbocycles. The highest BCUT2D eigenvalue weighted by Gasteiger charge is 2.00. The normalized spacial score (nSPS) is 10.1. The van der Waals surface area contributed by atoms with Crippen molar-refractivity contribution >= 4 is 27.5 Å². The number of anilines is 1. The Morgan fingerprint density at radius 1 is 1.31 bits per heavy atom. The molecule has 16 heavy (non-hydrogen) atoms. The molecule has 0 aliphatic heterocycles. The Bertz CT molecular complexity index is 327. The Hall–Kier alpha value is -0.910. The van der Waals surface area contributed by atoms with E-state index in [1.807, 2.05) is 24.3 Å². The van der Waals surface area contributed by atoms with Crippen LogP contribution in [0.5, 0.6) is 0 Å². The van der Waals surface area contributed by atoms with Crippen molar-refractivity contribution in [1.29, 1.82) is 0 Å². The van der Waals surface area contributed by atoms with Gasteiger partial charge in [-0.1, -0.05) is 15.9 Å². The van der Waals surface area contributed by atoms with Crippen LogP contribution in [-0.2, 0) is 4.79 Å². The summed E-state index contributed by atoms with van der Waals surface area (Å²) in [6.07, 6.45) is 0.658. The molecular formula is C11H15BrN2O2. The predicted molar refractivity (Wildman–Crippen MR) is 67.3 cm³/mol. The van der Waals surface area contributed by atoms with Gasteiger partial charge >= 0.3 is 0 Å². The number of rotatable bonds is 6. The molecule has 3 N–H and O–H groups in total. The van der Waals surface area contributed by atoms with Gasteiger partial charge in [-0.3, -0.25) is 4.79 Å². The van der Waals surface area contributed by atoms with Gasteiger partial charge in [0.05, 0.1) is 6.54 Å². The van der Waals surface area contributed by atoms with Gasteiger partial charge in [0.25, 0.3) is 0 Å². The molecule has 1 rings (SSSR count). The average Bonchev–Trinajstić information content (AvgIpc) is 2.28. The van der Waals surface area contributed by atoms with E-state index in [0.717, 1.165) is 10.2 Å². The third kappa shape index (κ3) is 5.25. The monoisotopic (exact) mass is 286 g/mol. The molecule has 0 spiro atoms. The Morgan fingerprint density at radius 2 is 2.00 bits per heavy atom. The van der Waals surface area contributed by atoms with E-state index < -0.39 is 0 Å². The predicted octanol–water partition coefficient (Wildman–Crippen LogP) is 1.36. The Balaban J connectivity index is 2.26. The average molecular weight is 287 g/mol. The first-order chi connectivity index (χ1) is 7.72. The summed E-state index contributed by atoms with van der Waals surface area (Å²) in [6, 6.07) is 7.40. The number of halogens is 1. The topological polar surface area (TPSA) is 61.4 Å². The second-order valence-corrected chi connectivity index (χ2v) is 4.22. The Kier molecular flexibility index (Phi) is 6.07. The van der Waals surface area contributed by atoms with E-state index in [1.54, 1.807) is 0 Å². The molecule has 4 nitrogen and oxygen atoms in total. The van der Waals surface area contributed by atoms with Crippen molar-refractivity contribution < 1.29 is 9.90 Å². The molecule has 0 aromatic heterocycles. The molecule has 0 bridgehead atoms. The summed E-state index contributed by atoms with van der Waals surface area (Å²) in [5, 5.41) is 14.2. The second-order valence-electron chi connectivity index (χ2n) is 3.31. The first-order valence-electron chi connectivity index (χ1n) is 5.09. The smallest absolute Gasteiger partial charge is 0.238 e. The molecule has 0 radical (unpaired) electrons. The van der Waals surface area contributed by atoms with Crippen molar-refractivity contribution in [3.05, 3.63) is 28.7 Å². The molecule has 0 heterocycles. The minimum Gasteiger partial charge on any atom is -0.396 e. The fourth-order valence-corrected chi connectivity index (χ4v) is 1.41. The number of benzene rings is 1. The SMILES string of the molecule is O=C(CNCCCO)Nc1ccc(Br)cc1. The zero-order valence-electron chi connectivity index (χ0n) is 8.87. The number of aliphatic hydroxyl groups is 1. The number of carbonyl (C=O) groups excluding carboxylic acids is 1. The highest BCUT2D eigenvalue weighted by atomic mass is 79.9. The summed E-state index contributed by atoms with van der Waals surface area (Å²) in [5.41, 5.74) is 0.775. The second kappa shape index (κ2) is 7.38. The third-order valence-electron chi connectivity index (χ3n) is 1.93. The molecule has 0 atom stereocenters. The lowest BCUT2D eigenvalue weighted by Gasteiger charge is -2.06. The van der Waals surface area contributed by atoms with Gasteiger partial charge in [0.15, 0.2) is 0 Å². The third-order valence-corrected chi connectivity index (χ3v) is 2.45. The van der Waals surface area contributed by atoms with Crippen molar-refractivity contribution in [3.8, 4) is 0 Å². The molecule has 0 aliphatic carbocycles. The van der Waals surface area contributed by atoms with Crippen molar-refractivity contribution in [1.82, 2.24) is 5.32 Å². The van der Waals surface area contributed by atoms with Crippen LogP contribution in [0.25, 0.3) is 0 Å². The van der Waals surface area contributed by atoms with E-state index in [-0.39, 0.29) is 19.1 Å². The summed E-state index contributed by atoms with van der Waals surface area (Å²) < 4.78 is 0.978. The molecular weight excluding hydrogens is 272 g/mol. The van der Waals surface area contributed by atoms with Crippen molar-refractivity contribution in [3.63, 3.8) is 0 Å². The van der Waals surface area contributed by atoms with Crippen LogP contribution in [0.1, 0.15) is 6.42 Å². The first kappa shape index (κ1) is 13.2. The zero-order valence-corrected chi connectivity index (χ0v) is 10.5. The van der Waals surface area contributed by atoms with Crippen molar-refractivity contribution in [2.75, 3.05) is 25.0 Å². The van der Waals surface area contributed by atoms with Crippen LogP contribution in [0.15, 0.2) is 28.7 Å². The van der Waals surface area contributed by atoms with Gasteiger partial charge in [0.2, 0.25) is 5.91 Å². The molecule has 88 valence electrons. The molecule has 0 fully saturated rings. The van der Waals surface area contributed by atoms with E-state index in [1.165, 1.54) is 0 Å². The van der Waals surface area contributed by atoms with Crippen LogP contribution in [0, 0.1) is 0 Å². The summed E-state index contributed by atoms with van der Waals surface area (Å²) in [5.74, 6) is -0.0831. The van der Waals surface area contributed by atoms with Crippen LogP contribution >= 0.6 is 15.9 Å². The van der Waals surface area contributed by atoms with E-state index >= 15 is 0 Å². The van der Waals surface area contributed by atoms with Crippen LogP contribution < -0.4 is 10.6 Å². The van der Waals surface area contributed by atoms with Gasteiger partial charge in [0, 0.05) is 16.8 Å². The number of amides is 1. The Morgan fingerprint density at radius 3 is 2.62 bits per heavy atom. The fraction of sp³-hybridized carbons (Fsp3) is 0.364. The highest BCUT2D eigenvalue weighted by Crippen LogP contribution is 2.13. The van der Waals surface area contributed by atoms with Crippen molar-refractivity contribution in [2.45, 2.75) is 6.42 Å². The molecule has 0 saturated heterocycles. The summed E-state index contributed by atoms with van der Waals surface area (Å²) >= 11 is 3.32. The minimum absolute atomic E-state index is 0.0831. The van der Waals surface area contributed by atoms with Gasteiger partial charge in [-0.2, -0.15) is 0 Å². The van der Waals surface area contributed by atoms with Crippen LogP contribution in [0.3, 0.4) is 0 Å². The maximum atomic E-state index is 11.4. The minimum atomic E-state index is -0.0831. The lowest BCUT2D eigenvalue weighted by Crippen LogP contribution is -2.29. The quantitative estimate of drug-likeness (QED) is 0.692. The van der Waals surface area contributed by atoms with E-state index in [4.69, 9.17) is 5.11 Å². The lowest BCUT2D eigenvalue weighted by molar-refractivity contribution is -0.115. The summed E-state index contributed by atoms with van der Waals surface area (Å²) in [7, 11) is 0. The van der Waals surface area contributed by atoms with Crippen LogP contribution in [0.2, 0.25) is 0 Å². The van der Waals surface area contributed by atoms with Crippen LogP contribution in [0.4, 0.5) is 5.69 Å². The van der Waals surface area contributed by atoms with E-state index in [0.29, 0.717) is 13.0 Å². The maximum absolute atomic E-state index is 11.4. The van der Waals surface area contributed by atoms with Gasteiger partial charge in [-0.25, -0.2) is 0 Å². The molecule has 0 unspecified atom stereocenters. The first-order valence-corrected chi connectivity index (χ1v) is 5.88. The molecule has 1 aromatic carbocycles. The highest BCUT2D eigenvalue weighted by molar-refractivity contribution is 9.10. The number of carbonyl (C=O) groups is 1. The molecule has 5 heteroatoms.